The minimum Gasteiger partial charge on any atom is -0.309 e. The summed E-state index contributed by atoms with van der Waals surface area (Å²) in [4.78, 5) is 2.22. The van der Waals surface area contributed by atoms with Crippen molar-refractivity contribution in [2.45, 2.75) is 19.3 Å². The molecule has 2 aromatic rings. The highest BCUT2D eigenvalue weighted by Crippen LogP contribution is 2.34. The van der Waals surface area contributed by atoms with Gasteiger partial charge in [0.1, 0.15) is 0 Å². The molecule has 1 nitrogen and oxygen atoms in total. The van der Waals surface area contributed by atoms with Crippen molar-refractivity contribution in [3.05, 3.63) is 75.8 Å². The molecular formula is C20H22ClN. The summed E-state index contributed by atoms with van der Waals surface area (Å²) in [7, 11) is 4.24. The van der Waals surface area contributed by atoms with Gasteiger partial charge in [0.05, 0.1) is 0 Å². The number of hydrogen-bond acceptors (Lipinski definition) is 1. The van der Waals surface area contributed by atoms with Crippen LogP contribution in [-0.2, 0) is 12.8 Å². The number of hydrogen-bond donors (Lipinski definition) is 0. The molecule has 0 fully saturated rings. The van der Waals surface area contributed by atoms with Crippen LogP contribution in [0.2, 0.25) is 5.02 Å². The molecule has 1 aliphatic rings. The lowest BCUT2D eigenvalue weighted by Crippen LogP contribution is -2.12. The quantitative estimate of drug-likeness (QED) is 0.785. The van der Waals surface area contributed by atoms with Gasteiger partial charge in [-0.2, -0.15) is 0 Å². The van der Waals surface area contributed by atoms with E-state index in [-0.39, 0.29) is 0 Å². The molecule has 0 aliphatic heterocycles. The minimum absolute atomic E-state index is 0.831. The minimum atomic E-state index is 0.831. The van der Waals surface area contributed by atoms with Gasteiger partial charge in [0.25, 0.3) is 0 Å². The first-order valence-electron chi connectivity index (χ1n) is 7.87. The van der Waals surface area contributed by atoms with Crippen LogP contribution in [0.5, 0.6) is 0 Å². The molecule has 1 aliphatic carbocycles. The predicted octanol–water partition coefficient (Wildman–Crippen LogP) is 4.82. The summed E-state index contributed by atoms with van der Waals surface area (Å²) in [6.45, 7) is 1.06. The van der Waals surface area contributed by atoms with E-state index < -0.39 is 0 Å². The summed E-state index contributed by atoms with van der Waals surface area (Å²) >= 11 is 6.21. The van der Waals surface area contributed by atoms with Gasteiger partial charge in [-0.25, -0.2) is 0 Å². The first-order chi connectivity index (χ1) is 10.6. The lowest BCUT2D eigenvalue weighted by atomic mass is 9.93. The molecule has 0 saturated carbocycles. The molecule has 2 aromatic carbocycles. The topological polar surface area (TPSA) is 3.24 Å². The number of halogens is 1. The number of aryl methyl sites for hydroxylation is 2. The Labute approximate surface area is 138 Å². The van der Waals surface area contributed by atoms with Gasteiger partial charge < -0.3 is 4.90 Å². The predicted molar refractivity (Wildman–Crippen MR) is 95.6 cm³/mol. The zero-order chi connectivity index (χ0) is 15.5. The van der Waals surface area contributed by atoms with Crippen molar-refractivity contribution in [2.75, 3.05) is 20.6 Å². The molecular weight excluding hydrogens is 290 g/mol. The van der Waals surface area contributed by atoms with Crippen LogP contribution < -0.4 is 0 Å². The van der Waals surface area contributed by atoms with E-state index >= 15 is 0 Å². The fourth-order valence-corrected chi connectivity index (χ4v) is 3.33. The average molecular weight is 312 g/mol. The highest BCUT2D eigenvalue weighted by Gasteiger charge is 2.17. The summed E-state index contributed by atoms with van der Waals surface area (Å²) in [6.07, 6.45) is 5.57. The van der Waals surface area contributed by atoms with E-state index in [0.29, 0.717) is 0 Å². The Balaban J connectivity index is 2.08. The largest absolute Gasteiger partial charge is 0.309 e. The third kappa shape index (κ3) is 3.26. The molecule has 0 N–H and O–H groups in total. The van der Waals surface area contributed by atoms with Gasteiger partial charge in [-0.15, -0.1) is 0 Å². The van der Waals surface area contributed by atoms with E-state index in [1.165, 1.54) is 27.8 Å². The molecule has 0 radical (unpaired) electrons. The van der Waals surface area contributed by atoms with Crippen molar-refractivity contribution in [2.24, 2.45) is 0 Å². The van der Waals surface area contributed by atoms with Crippen LogP contribution in [-0.4, -0.2) is 25.5 Å². The summed E-state index contributed by atoms with van der Waals surface area (Å²) in [5.41, 5.74) is 6.88. The maximum absolute atomic E-state index is 6.21. The van der Waals surface area contributed by atoms with Crippen LogP contribution in [0.1, 0.15) is 28.7 Å². The van der Waals surface area contributed by atoms with E-state index in [9.17, 15) is 0 Å². The lowest BCUT2D eigenvalue weighted by molar-refractivity contribution is 0.417. The zero-order valence-corrected chi connectivity index (χ0v) is 14.0. The van der Waals surface area contributed by atoms with Crippen LogP contribution in [0, 0.1) is 0 Å². The average Bonchev–Trinajstić information content (AvgIpc) is 2.64. The van der Waals surface area contributed by atoms with Crippen molar-refractivity contribution >= 4 is 17.2 Å². The van der Waals surface area contributed by atoms with E-state index in [2.05, 4.69) is 61.5 Å². The highest BCUT2D eigenvalue weighted by molar-refractivity contribution is 6.30. The second-order valence-corrected chi connectivity index (χ2v) is 6.60. The smallest absolute Gasteiger partial charge is 0.0409 e. The molecule has 0 spiro atoms. The van der Waals surface area contributed by atoms with E-state index in [4.69, 9.17) is 11.6 Å². The van der Waals surface area contributed by atoms with Gasteiger partial charge in [0, 0.05) is 11.6 Å². The molecule has 22 heavy (non-hydrogen) atoms. The van der Waals surface area contributed by atoms with Gasteiger partial charge in [-0.3, -0.25) is 0 Å². The number of fused-ring (bicyclic) bond motifs is 2. The van der Waals surface area contributed by atoms with Gasteiger partial charge in [0.2, 0.25) is 0 Å². The molecule has 0 saturated heterocycles. The van der Waals surface area contributed by atoms with Crippen LogP contribution in [0.15, 0.2) is 48.5 Å². The first-order valence-corrected chi connectivity index (χ1v) is 8.25. The molecule has 0 atom stereocenters. The molecule has 0 bridgehead atoms. The Morgan fingerprint density at radius 1 is 1.00 bits per heavy atom. The molecule has 114 valence electrons. The molecule has 2 heteroatoms. The van der Waals surface area contributed by atoms with Gasteiger partial charge in [-0.1, -0.05) is 48.0 Å². The van der Waals surface area contributed by atoms with E-state index in [1.807, 2.05) is 6.07 Å². The van der Waals surface area contributed by atoms with E-state index in [0.717, 1.165) is 30.8 Å². The first kappa shape index (κ1) is 15.3. The molecule has 0 unspecified atom stereocenters. The van der Waals surface area contributed by atoms with E-state index in [1.54, 1.807) is 0 Å². The van der Waals surface area contributed by atoms with Gasteiger partial charge in [-0.05, 0) is 73.3 Å². The zero-order valence-electron chi connectivity index (χ0n) is 13.3. The Bertz CT molecular complexity index is 701. The van der Waals surface area contributed by atoms with Gasteiger partial charge >= 0.3 is 0 Å². The highest BCUT2D eigenvalue weighted by atomic mass is 35.5. The Morgan fingerprint density at radius 3 is 2.55 bits per heavy atom. The molecule has 0 amide bonds. The monoisotopic (exact) mass is 311 g/mol. The maximum Gasteiger partial charge on any atom is 0.0409 e. The fourth-order valence-electron chi connectivity index (χ4n) is 3.13. The molecule has 0 aromatic heterocycles. The molecule has 0 heterocycles. The van der Waals surface area contributed by atoms with Crippen molar-refractivity contribution in [3.63, 3.8) is 0 Å². The number of nitrogens with zero attached hydrogens (tertiary/aromatic N) is 1. The van der Waals surface area contributed by atoms with Crippen molar-refractivity contribution in [1.82, 2.24) is 4.90 Å². The summed E-state index contributed by atoms with van der Waals surface area (Å²) in [5.74, 6) is 0. The van der Waals surface area contributed by atoms with Crippen molar-refractivity contribution < 1.29 is 0 Å². The Morgan fingerprint density at radius 2 is 1.73 bits per heavy atom. The number of rotatable bonds is 3. The second-order valence-electron chi connectivity index (χ2n) is 6.17. The summed E-state index contributed by atoms with van der Waals surface area (Å²) in [6, 6.07) is 15.1. The van der Waals surface area contributed by atoms with Crippen LogP contribution in [0.4, 0.5) is 0 Å². The fraction of sp³-hybridized carbons (Fsp3) is 0.300. The van der Waals surface area contributed by atoms with Crippen molar-refractivity contribution in [3.8, 4) is 0 Å². The van der Waals surface area contributed by atoms with Crippen LogP contribution >= 0.6 is 11.6 Å². The second kappa shape index (κ2) is 6.68. The summed E-state index contributed by atoms with van der Waals surface area (Å²) < 4.78 is 0. The van der Waals surface area contributed by atoms with Crippen LogP contribution in [0.25, 0.3) is 5.57 Å². The Hall–Kier alpha value is -1.57. The van der Waals surface area contributed by atoms with Crippen molar-refractivity contribution in [1.29, 1.82) is 0 Å². The normalized spacial score (nSPS) is 15.5. The maximum atomic E-state index is 6.21. The Kier molecular flexibility index (Phi) is 4.66. The lowest BCUT2D eigenvalue weighted by Gasteiger charge is -2.13. The van der Waals surface area contributed by atoms with Gasteiger partial charge in [0.15, 0.2) is 0 Å². The molecule has 3 rings (SSSR count). The standard InChI is InChI=1S/C20H22ClN/c1-22(2)13-5-8-20-18-7-4-3-6-15(18)9-10-16-14-17(21)11-12-19(16)20/h3-4,6-8,11-12,14H,5,9-10,13H2,1-2H3/b20-8-. The SMILES string of the molecule is CN(C)CC/C=C1/c2ccccc2CCc2cc(Cl)ccc21. The summed E-state index contributed by atoms with van der Waals surface area (Å²) in [5, 5.41) is 0.831. The third-order valence-electron chi connectivity index (χ3n) is 4.25. The number of benzene rings is 2. The third-order valence-corrected chi connectivity index (χ3v) is 4.49. The van der Waals surface area contributed by atoms with Crippen LogP contribution in [0.3, 0.4) is 0 Å².